The number of methoxy groups -OCH3 is 1. The SMILES string of the molecule is COC1=CNC2=CC=CN(CCN3CCC(NCc4ccc([N+](=O)[O-])cc4)CC3)C2=C1. The van der Waals surface area contributed by atoms with Crippen LogP contribution in [0, 0.1) is 10.1 Å². The van der Waals surface area contributed by atoms with Crippen LogP contribution in [0.15, 0.2) is 72.0 Å². The average Bonchev–Trinajstić information content (AvgIpc) is 2.82. The largest absolute Gasteiger partial charge is 0.495 e. The topological polar surface area (TPSA) is 82.9 Å². The number of piperidine rings is 1. The third-order valence-corrected chi connectivity index (χ3v) is 5.99. The number of non-ortho nitro benzene ring substituents is 1. The molecule has 0 atom stereocenters. The van der Waals surface area contributed by atoms with E-state index in [1.807, 2.05) is 18.3 Å². The van der Waals surface area contributed by atoms with E-state index in [4.69, 9.17) is 4.74 Å². The van der Waals surface area contributed by atoms with Gasteiger partial charge in [0, 0.05) is 56.3 Å². The first-order valence-electron chi connectivity index (χ1n) is 10.7. The van der Waals surface area contributed by atoms with Crippen molar-refractivity contribution in [3.8, 4) is 0 Å². The highest BCUT2D eigenvalue weighted by Gasteiger charge is 2.22. The van der Waals surface area contributed by atoms with Crippen LogP contribution in [-0.4, -0.2) is 54.1 Å². The van der Waals surface area contributed by atoms with Gasteiger partial charge in [0.05, 0.1) is 23.4 Å². The number of likely N-dealkylation sites (tertiary alicyclic amines) is 1. The predicted molar refractivity (Wildman–Crippen MR) is 120 cm³/mol. The van der Waals surface area contributed by atoms with Crippen LogP contribution in [0.2, 0.25) is 0 Å². The molecule has 3 heterocycles. The number of fused-ring (bicyclic) bond motifs is 1. The molecule has 0 aliphatic carbocycles. The summed E-state index contributed by atoms with van der Waals surface area (Å²) in [4.78, 5) is 15.2. The van der Waals surface area contributed by atoms with Gasteiger partial charge in [-0.05, 0) is 43.6 Å². The van der Waals surface area contributed by atoms with Crippen LogP contribution in [0.3, 0.4) is 0 Å². The van der Waals surface area contributed by atoms with Gasteiger partial charge in [-0.3, -0.25) is 10.1 Å². The van der Waals surface area contributed by atoms with Crippen molar-refractivity contribution >= 4 is 5.69 Å². The number of rotatable bonds is 8. The zero-order valence-corrected chi connectivity index (χ0v) is 17.8. The van der Waals surface area contributed by atoms with Crippen LogP contribution >= 0.6 is 0 Å². The van der Waals surface area contributed by atoms with Crippen molar-refractivity contribution in [1.82, 2.24) is 20.4 Å². The Hall–Kier alpha value is -3.10. The Morgan fingerprint density at radius 1 is 1.23 bits per heavy atom. The number of nitrogens with zero attached hydrogens (tertiary/aromatic N) is 3. The number of hydrogen-bond acceptors (Lipinski definition) is 7. The van der Waals surface area contributed by atoms with Crippen molar-refractivity contribution in [1.29, 1.82) is 0 Å². The van der Waals surface area contributed by atoms with Crippen molar-refractivity contribution in [2.75, 3.05) is 33.3 Å². The Labute approximate surface area is 182 Å². The summed E-state index contributed by atoms with van der Waals surface area (Å²) in [6.45, 7) is 4.82. The summed E-state index contributed by atoms with van der Waals surface area (Å²) in [5.41, 5.74) is 3.45. The van der Waals surface area contributed by atoms with Crippen LogP contribution in [0.25, 0.3) is 0 Å². The molecule has 164 valence electrons. The number of nitrogens with one attached hydrogen (secondary N) is 2. The standard InChI is InChI=1S/C23H29N5O3/c1-31-21-15-23-22(25-17-21)3-2-10-27(23)14-13-26-11-8-19(9-12-26)24-16-18-4-6-20(7-5-18)28(29)30/h2-7,10,15,17,19,24-25H,8-9,11-14,16H2,1H3. The zero-order chi connectivity index (χ0) is 21.6. The van der Waals surface area contributed by atoms with Crippen LogP contribution in [-0.2, 0) is 11.3 Å². The van der Waals surface area contributed by atoms with Crippen molar-refractivity contribution in [2.45, 2.75) is 25.4 Å². The Morgan fingerprint density at radius 3 is 2.71 bits per heavy atom. The van der Waals surface area contributed by atoms with Crippen molar-refractivity contribution in [3.05, 3.63) is 87.7 Å². The summed E-state index contributed by atoms with van der Waals surface area (Å²) in [5, 5.41) is 17.6. The molecule has 2 N–H and O–H groups in total. The van der Waals surface area contributed by atoms with E-state index in [2.05, 4.69) is 44.9 Å². The molecule has 0 amide bonds. The molecule has 8 heteroatoms. The maximum atomic E-state index is 10.8. The van der Waals surface area contributed by atoms with E-state index >= 15 is 0 Å². The van der Waals surface area contributed by atoms with Gasteiger partial charge in [-0.25, -0.2) is 0 Å². The second-order valence-electron chi connectivity index (χ2n) is 7.96. The number of dihydropyridines is 1. The molecule has 8 nitrogen and oxygen atoms in total. The van der Waals surface area contributed by atoms with Crippen LogP contribution in [0.1, 0.15) is 18.4 Å². The van der Waals surface area contributed by atoms with Gasteiger partial charge in [0.2, 0.25) is 0 Å². The Morgan fingerprint density at radius 2 is 2.00 bits per heavy atom. The molecule has 1 aromatic carbocycles. The number of benzene rings is 1. The summed E-state index contributed by atoms with van der Waals surface area (Å²) < 4.78 is 5.36. The first-order chi connectivity index (χ1) is 15.1. The second kappa shape index (κ2) is 9.80. The lowest BCUT2D eigenvalue weighted by Crippen LogP contribution is -2.44. The predicted octanol–water partition coefficient (Wildman–Crippen LogP) is 2.84. The minimum absolute atomic E-state index is 0.137. The van der Waals surface area contributed by atoms with Crippen molar-refractivity contribution < 1.29 is 9.66 Å². The molecule has 3 aliphatic heterocycles. The van der Waals surface area contributed by atoms with E-state index < -0.39 is 0 Å². The van der Waals surface area contributed by atoms with E-state index in [0.717, 1.165) is 68.3 Å². The maximum absolute atomic E-state index is 10.8. The first kappa shape index (κ1) is 21.1. The summed E-state index contributed by atoms with van der Waals surface area (Å²) in [6, 6.07) is 7.27. The molecule has 3 aliphatic rings. The second-order valence-corrected chi connectivity index (χ2v) is 7.96. The molecule has 0 saturated carbocycles. The molecule has 0 aromatic heterocycles. The average molecular weight is 424 g/mol. The lowest BCUT2D eigenvalue weighted by molar-refractivity contribution is -0.384. The highest BCUT2D eigenvalue weighted by molar-refractivity contribution is 5.43. The molecular weight excluding hydrogens is 394 g/mol. The normalized spacial score (nSPS) is 19.1. The van der Waals surface area contributed by atoms with Crippen molar-refractivity contribution in [3.63, 3.8) is 0 Å². The van der Waals surface area contributed by atoms with Gasteiger partial charge < -0.3 is 25.2 Å². The highest BCUT2D eigenvalue weighted by Crippen LogP contribution is 2.24. The monoisotopic (exact) mass is 423 g/mol. The van der Waals surface area contributed by atoms with Gasteiger partial charge in [0.15, 0.2) is 0 Å². The van der Waals surface area contributed by atoms with E-state index in [-0.39, 0.29) is 10.6 Å². The summed E-state index contributed by atoms with van der Waals surface area (Å²) in [7, 11) is 1.68. The minimum Gasteiger partial charge on any atom is -0.495 e. The summed E-state index contributed by atoms with van der Waals surface area (Å²) in [6.07, 6.45) is 12.4. The molecule has 0 radical (unpaired) electrons. The Kier molecular flexibility index (Phi) is 6.69. The van der Waals surface area contributed by atoms with Gasteiger partial charge in [-0.2, -0.15) is 0 Å². The number of ether oxygens (including phenoxy) is 1. The lowest BCUT2D eigenvalue weighted by atomic mass is 10.0. The number of nitro groups is 1. The molecule has 1 fully saturated rings. The smallest absolute Gasteiger partial charge is 0.269 e. The van der Waals surface area contributed by atoms with E-state index in [1.54, 1.807) is 19.2 Å². The number of allylic oxidation sites excluding steroid dienone is 3. The first-order valence-corrected chi connectivity index (χ1v) is 10.7. The van der Waals surface area contributed by atoms with E-state index in [1.165, 1.54) is 0 Å². The van der Waals surface area contributed by atoms with Crippen LogP contribution in [0.5, 0.6) is 0 Å². The van der Waals surface area contributed by atoms with E-state index in [9.17, 15) is 10.1 Å². The van der Waals surface area contributed by atoms with Crippen LogP contribution in [0.4, 0.5) is 5.69 Å². The number of hydrogen-bond donors (Lipinski definition) is 2. The Bertz CT molecular complexity index is 912. The molecule has 31 heavy (non-hydrogen) atoms. The van der Waals surface area contributed by atoms with Gasteiger partial charge in [0.1, 0.15) is 5.76 Å². The fraction of sp³-hybridized carbons (Fsp3) is 0.391. The van der Waals surface area contributed by atoms with Crippen LogP contribution < -0.4 is 10.6 Å². The zero-order valence-electron chi connectivity index (χ0n) is 17.8. The lowest BCUT2D eigenvalue weighted by Gasteiger charge is -2.35. The minimum atomic E-state index is -0.363. The summed E-state index contributed by atoms with van der Waals surface area (Å²) >= 11 is 0. The fourth-order valence-corrected chi connectivity index (χ4v) is 4.09. The third-order valence-electron chi connectivity index (χ3n) is 5.99. The van der Waals surface area contributed by atoms with Gasteiger partial charge in [-0.15, -0.1) is 0 Å². The highest BCUT2D eigenvalue weighted by atomic mass is 16.6. The molecule has 4 rings (SSSR count). The molecule has 0 spiro atoms. The fourth-order valence-electron chi connectivity index (χ4n) is 4.09. The number of nitro benzene ring substituents is 1. The van der Waals surface area contributed by atoms with Gasteiger partial charge in [-0.1, -0.05) is 12.1 Å². The molecule has 0 unspecified atom stereocenters. The molecule has 0 bridgehead atoms. The van der Waals surface area contributed by atoms with Gasteiger partial charge in [0.25, 0.3) is 5.69 Å². The quantitative estimate of drug-likeness (QED) is 0.491. The maximum Gasteiger partial charge on any atom is 0.269 e. The third kappa shape index (κ3) is 5.34. The van der Waals surface area contributed by atoms with Gasteiger partial charge >= 0.3 is 0 Å². The molecular formula is C23H29N5O3. The van der Waals surface area contributed by atoms with Crippen molar-refractivity contribution in [2.24, 2.45) is 0 Å². The summed E-state index contributed by atoms with van der Waals surface area (Å²) in [5.74, 6) is 0.826. The van der Waals surface area contributed by atoms with E-state index in [0.29, 0.717) is 6.04 Å². The Balaban J connectivity index is 1.20. The molecule has 1 aromatic rings. The molecule has 1 saturated heterocycles.